The Labute approximate surface area is 129 Å². The van der Waals surface area contributed by atoms with Crippen molar-refractivity contribution >= 4 is 22.4 Å². The van der Waals surface area contributed by atoms with Gasteiger partial charge in [-0.3, -0.25) is 4.21 Å². The first-order chi connectivity index (χ1) is 10.0. The van der Waals surface area contributed by atoms with Crippen molar-refractivity contribution in [2.75, 3.05) is 29.2 Å². The quantitative estimate of drug-likeness (QED) is 0.772. The Kier molecular flexibility index (Phi) is 5.56. The molecule has 0 spiro atoms. The molecule has 1 aromatic rings. The van der Waals surface area contributed by atoms with Crippen molar-refractivity contribution in [2.24, 2.45) is 0 Å². The molecule has 0 saturated heterocycles. The van der Waals surface area contributed by atoms with Crippen molar-refractivity contribution in [1.82, 2.24) is 9.97 Å². The summed E-state index contributed by atoms with van der Waals surface area (Å²) >= 11 is 0. The van der Waals surface area contributed by atoms with Gasteiger partial charge in [0.1, 0.15) is 17.5 Å². The third kappa shape index (κ3) is 4.66. The molecular formula is C15H26N4OS. The largest absolute Gasteiger partial charge is 0.370 e. The lowest BCUT2D eigenvalue weighted by molar-refractivity contribution is 0.682. The Balaban J connectivity index is 2.20. The third-order valence-electron chi connectivity index (χ3n) is 3.52. The van der Waals surface area contributed by atoms with E-state index in [0.29, 0.717) is 11.7 Å². The molecule has 0 aromatic carbocycles. The Morgan fingerprint density at radius 3 is 2.57 bits per heavy atom. The fourth-order valence-electron chi connectivity index (χ4n) is 2.24. The maximum Gasteiger partial charge on any atom is 0.136 e. The minimum Gasteiger partial charge on any atom is -0.370 e. The zero-order valence-electron chi connectivity index (χ0n) is 13.4. The number of hydrogen-bond acceptors (Lipinski definition) is 5. The van der Waals surface area contributed by atoms with Crippen molar-refractivity contribution < 1.29 is 4.21 Å². The summed E-state index contributed by atoms with van der Waals surface area (Å²) in [5.41, 5.74) is 1.04. The highest BCUT2D eigenvalue weighted by Gasteiger charge is 2.28. The van der Waals surface area contributed by atoms with Crippen LogP contribution in [0.2, 0.25) is 0 Å². The number of nitrogens with one attached hydrogen (secondary N) is 2. The van der Waals surface area contributed by atoms with Crippen LogP contribution in [0.5, 0.6) is 0 Å². The maximum absolute atomic E-state index is 11.3. The maximum atomic E-state index is 11.3. The first kappa shape index (κ1) is 16.2. The molecule has 1 fully saturated rings. The lowest BCUT2D eigenvalue weighted by Gasteiger charge is -2.18. The highest BCUT2D eigenvalue weighted by molar-refractivity contribution is 7.84. The van der Waals surface area contributed by atoms with Crippen LogP contribution < -0.4 is 10.6 Å². The molecule has 1 aliphatic carbocycles. The number of hydrogen-bond donors (Lipinski definition) is 2. The molecule has 2 unspecified atom stereocenters. The molecule has 0 amide bonds. The van der Waals surface area contributed by atoms with Gasteiger partial charge in [0.2, 0.25) is 0 Å². The summed E-state index contributed by atoms with van der Waals surface area (Å²) in [6, 6.07) is 0.135. The molecule has 1 aromatic heterocycles. The average Bonchev–Trinajstić information content (AvgIpc) is 3.23. The lowest BCUT2D eigenvalue weighted by atomic mass is 10.2. The molecule has 5 nitrogen and oxygen atoms in total. The minimum atomic E-state index is -0.809. The van der Waals surface area contributed by atoms with Crippen LogP contribution in [0.4, 0.5) is 11.6 Å². The van der Waals surface area contributed by atoms with Crippen LogP contribution in [0.15, 0.2) is 0 Å². The van der Waals surface area contributed by atoms with Crippen LogP contribution in [-0.2, 0) is 10.8 Å². The van der Waals surface area contributed by atoms with Crippen LogP contribution >= 0.6 is 0 Å². The standard InChI is InChI=1S/C15H26N4OS/c1-5-8-16-13-11(3)14(17-10(2)9-21(4)20)19-15(18-13)12-6-7-12/h10,12H,5-9H2,1-4H3,(H2,16,17,18,19). The van der Waals surface area contributed by atoms with Gasteiger partial charge in [-0.05, 0) is 33.1 Å². The second kappa shape index (κ2) is 7.20. The van der Waals surface area contributed by atoms with Crippen molar-refractivity contribution in [1.29, 1.82) is 0 Å². The van der Waals surface area contributed by atoms with E-state index >= 15 is 0 Å². The molecule has 1 heterocycles. The van der Waals surface area contributed by atoms with Crippen molar-refractivity contribution in [2.45, 2.75) is 52.0 Å². The molecule has 2 rings (SSSR count). The van der Waals surface area contributed by atoms with Gasteiger partial charge in [0.25, 0.3) is 0 Å². The summed E-state index contributed by atoms with van der Waals surface area (Å²) < 4.78 is 11.3. The lowest BCUT2D eigenvalue weighted by Crippen LogP contribution is -2.24. The number of nitrogens with zero attached hydrogens (tertiary/aromatic N) is 2. The average molecular weight is 310 g/mol. The van der Waals surface area contributed by atoms with Crippen molar-refractivity contribution in [3.05, 3.63) is 11.4 Å². The minimum absolute atomic E-state index is 0.135. The van der Waals surface area contributed by atoms with Gasteiger partial charge in [-0.25, -0.2) is 9.97 Å². The molecule has 2 N–H and O–H groups in total. The predicted octanol–water partition coefficient (Wildman–Crippen LogP) is 2.66. The van der Waals surface area contributed by atoms with Gasteiger partial charge in [0.05, 0.1) is 0 Å². The van der Waals surface area contributed by atoms with Crippen LogP contribution in [0.25, 0.3) is 0 Å². The Hall–Kier alpha value is -1.17. The third-order valence-corrected chi connectivity index (χ3v) is 4.49. The van der Waals surface area contributed by atoms with Gasteiger partial charge < -0.3 is 10.6 Å². The van der Waals surface area contributed by atoms with Crippen molar-refractivity contribution in [3.8, 4) is 0 Å². The van der Waals surface area contributed by atoms with Gasteiger partial charge >= 0.3 is 0 Å². The van der Waals surface area contributed by atoms with Crippen LogP contribution in [0, 0.1) is 6.92 Å². The Morgan fingerprint density at radius 2 is 2.00 bits per heavy atom. The smallest absolute Gasteiger partial charge is 0.136 e. The van der Waals surface area contributed by atoms with Gasteiger partial charge in [-0.15, -0.1) is 0 Å². The zero-order chi connectivity index (χ0) is 15.4. The molecule has 1 saturated carbocycles. The molecule has 0 radical (unpaired) electrons. The first-order valence-corrected chi connectivity index (χ1v) is 9.43. The molecule has 21 heavy (non-hydrogen) atoms. The second-order valence-electron chi connectivity index (χ2n) is 5.89. The van der Waals surface area contributed by atoms with E-state index in [1.807, 2.05) is 13.8 Å². The zero-order valence-corrected chi connectivity index (χ0v) is 14.2. The van der Waals surface area contributed by atoms with E-state index < -0.39 is 10.8 Å². The fourth-order valence-corrected chi connectivity index (χ4v) is 3.03. The van der Waals surface area contributed by atoms with Crippen LogP contribution in [0.1, 0.15) is 50.4 Å². The SMILES string of the molecule is CCCNc1nc(C2CC2)nc(NC(C)CS(C)=O)c1C. The normalized spacial score (nSPS) is 17.3. The molecule has 6 heteroatoms. The Bertz CT molecular complexity index is 517. The number of rotatable bonds is 8. The van der Waals surface area contributed by atoms with E-state index in [0.717, 1.165) is 36.0 Å². The van der Waals surface area contributed by atoms with E-state index in [-0.39, 0.29) is 6.04 Å². The van der Waals surface area contributed by atoms with E-state index in [1.54, 1.807) is 6.26 Å². The van der Waals surface area contributed by atoms with Gasteiger partial charge in [0, 0.05) is 46.9 Å². The summed E-state index contributed by atoms with van der Waals surface area (Å²) in [5, 5.41) is 6.79. The molecule has 118 valence electrons. The van der Waals surface area contributed by atoms with Gasteiger partial charge in [-0.2, -0.15) is 0 Å². The van der Waals surface area contributed by atoms with E-state index in [1.165, 1.54) is 12.8 Å². The highest BCUT2D eigenvalue weighted by atomic mass is 32.2. The first-order valence-electron chi connectivity index (χ1n) is 7.70. The number of anilines is 2. The summed E-state index contributed by atoms with van der Waals surface area (Å²) in [5.74, 6) is 3.89. The molecule has 0 bridgehead atoms. The van der Waals surface area contributed by atoms with Crippen LogP contribution in [-0.4, -0.2) is 38.8 Å². The monoisotopic (exact) mass is 310 g/mol. The van der Waals surface area contributed by atoms with Crippen LogP contribution in [0.3, 0.4) is 0 Å². The predicted molar refractivity (Wildman–Crippen MR) is 89.5 cm³/mol. The topological polar surface area (TPSA) is 66.9 Å². The van der Waals surface area contributed by atoms with E-state index in [2.05, 4.69) is 27.5 Å². The summed E-state index contributed by atoms with van der Waals surface area (Å²) in [6.45, 7) is 7.13. The molecule has 2 atom stereocenters. The molecule has 0 aliphatic heterocycles. The summed E-state index contributed by atoms with van der Waals surface area (Å²) in [7, 11) is -0.809. The van der Waals surface area contributed by atoms with E-state index in [4.69, 9.17) is 0 Å². The van der Waals surface area contributed by atoms with Gasteiger partial charge in [-0.1, -0.05) is 6.92 Å². The fraction of sp³-hybridized carbons (Fsp3) is 0.733. The molecular weight excluding hydrogens is 284 g/mol. The van der Waals surface area contributed by atoms with E-state index in [9.17, 15) is 4.21 Å². The summed E-state index contributed by atoms with van der Waals surface area (Å²) in [6.07, 6.45) is 5.17. The Morgan fingerprint density at radius 1 is 1.33 bits per heavy atom. The van der Waals surface area contributed by atoms with Crippen molar-refractivity contribution in [3.63, 3.8) is 0 Å². The second-order valence-corrected chi connectivity index (χ2v) is 7.37. The summed E-state index contributed by atoms with van der Waals surface area (Å²) in [4.78, 5) is 9.37. The molecule has 1 aliphatic rings. The highest BCUT2D eigenvalue weighted by Crippen LogP contribution is 2.39. The van der Waals surface area contributed by atoms with Gasteiger partial charge in [0.15, 0.2) is 0 Å². The number of aromatic nitrogens is 2.